The summed E-state index contributed by atoms with van der Waals surface area (Å²) in [5.74, 6) is 0.201. The Hall–Kier alpha value is -1.04. The number of carbonyl (C=O) groups excluding carboxylic acids is 1. The van der Waals surface area contributed by atoms with Crippen molar-refractivity contribution in [3.8, 4) is 6.07 Å². The zero-order valence-corrected chi connectivity index (χ0v) is 8.83. The van der Waals surface area contributed by atoms with Crippen molar-refractivity contribution in [1.82, 2.24) is 4.90 Å². The van der Waals surface area contributed by atoms with Crippen LogP contribution in [0.1, 0.15) is 45.4 Å². The number of amides is 1. The molecule has 0 radical (unpaired) electrons. The summed E-state index contributed by atoms with van der Waals surface area (Å²) in [6, 6.07) is 2.52. The average molecular weight is 194 g/mol. The maximum Gasteiger partial charge on any atom is 0.222 e. The number of nitrogens with zero attached hydrogens (tertiary/aromatic N) is 2. The summed E-state index contributed by atoms with van der Waals surface area (Å²) < 4.78 is 0. The largest absolute Gasteiger partial charge is 0.339 e. The van der Waals surface area contributed by atoms with Crippen molar-refractivity contribution in [1.29, 1.82) is 5.26 Å². The van der Waals surface area contributed by atoms with Crippen LogP contribution < -0.4 is 0 Å². The van der Waals surface area contributed by atoms with E-state index in [2.05, 4.69) is 6.07 Å². The number of hydrogen-bond acceptors (Lipinski definition) is 2. The lowest BCUT2D eigenvalue weighted by molar-refractivity contribution is -0.133. The normalized spacial score (nSPS) is 16.6. The highest BCUT2D eigenvalue weighted by Gasteiger charge is 2.24. The molecule has 0 aliphatic heterocycles. The highest BCUT2D eigenvalue weighted by Crippen LogP contribution is 2.24. The molecule has 3 nitrogen and oxygen atoms in total. The highest BCUT2D eigenvalue weighted by atomic mass is 16.2. The third-order valence-electron chi connectivity index (χ3n) is 2.85. The lowest BCUT2D eigenvalue weighted by Crippen LogP contribution is -2.39. The third-order valence-corrected chi connectivity index (χ3v) is 2.85. The van der Waals surface area contributed by atoms with Gasteiger partial charge < -0.3 is 4.90 Å². The molecule has 0 saturated heterocycles. The number of nitriles is 1. The molecule has 0 N–H and O–H groups in total. The predicted octanol–water partition coefficient (Wildman–Crippen LogP) is 2.08. The molecule has 0 heterocycles. The monoisotopic (exact) mass is 194 g/mol. The second-order valence-electron chi connectivity index (χ2n) is 3.79. The van der Waals surface area contributed by atoms with E-state index in [9.17, 15) is 4.79 Å². The molecule has 1 aliphatic rings. The third kappa shape index (κ3) is 2.73. The van der Waals surface area contributed by atoms with E-state index in [0.29, 0.717) is 25.4 Å². The fourth-order valence-corrected chi connectivity index (χ4v) is 2.10. The maximum atomic E-state index is 11.6. The van der Waals surface area contributed by atoms with Crippen molar-refractivity contribution in [3.63, 3.8) is 0 Å². The van der Waals surface area contributed by atoms with E-state index in [1.807, 2.05) is 11.8 Å². The van der Waals surface area contributed by atoms with Crippen LogP contribution >= 0.6 is 0 Å². The number of hydrogen-bond donors (Lipinski definition) is 0. The molecule has 0 spiro atoms. The topological polar surface area (TPSA) is 44.1 Å². The van der Waals surface area contributed by atoms with Crippen LogP contribution in [0.3, 0.4) is 0 Å². The van der Waals surface area contributed by atoms with E-state index in [-0.39, 0.29) is 5.91 Å². The second kappa shape index (κ2) is 5.64. The van der Waals surface area contributed by atoms with Gasteiger partial charge in [-0.2, -0.15) is 5.26 Å². The van der Waals surface area contributed by atoms with Crippen LogP contribution in [0.5, 0.6) is 0 Å². The summed E-state index contributed by atoms with van der Waals surface area (Å²) in [6.45, 7) is 2.50. The summed E-state index contributed by atoms with van der Waals surface area (Å²) in [6.07, 6.45) is 5.72. The summed E-state index contributed by atoms with van der Waals surface area (Å²) in [4.78, 5) is 13.5. The van der Waals surface area contributed by atoms with Gasteiger partial charge >= 0.3 is 0 Å². The van der Waals surface area contributed by atoms with Gasteiger partial charge in [-0.15, -0.1) is 0 Å². The zero-order chi connectivity index (χ0) is 10.4. The first-order valence-electron chi connectivity index (χ1n) is 5.46. The minimum Gasteiger partial charge on any atom is -0.339 e. The molecule has 0 atom stereocenters. The van der Waals surface area contributed by atoms with Gasteiger partial charge in [-0.3, -0.25) is 4.79 Å². The van der Waals surface area contributed by atoms with Crippen LogP contribution in [0.4, 0.5) is 0 Å². The molecule has 1 fully saturated rings. The highest BCUT2D eigenvalue weighted by molar-refractivity contribution is 5.76. The Morgan fingerprint density at radius 1 is 1.50 bits per heavy atom. The van der Waals surface area contributed by atoms with Crippen molar-refractivity contribution < 1.29 is 4.79 Å². The van der Waals surface area contributed by atoms with Crippen LogP contribution in [-0.4, -0.2) is 23.4 Å². The van der Waals surface area contributed by atoms with Crippen LogP contribution in [0, 0.1) is 11.3 Å². The smallest absolute Gasteiger partial charge is 0.222 e. The van der Waals surface area contributed by atoms with Crippen molar-refractivity contribution in [2.75, 3.05) is 6.54 Å². The van der Waals surface area contributed by atoms with Gasteiger partial charge in [-0.25, -0.2) is 0 Å². The summed E-state index contributed by atoms with van der Waals surface area (Å²) in [7, 11) is 0. The molecule has 0 aromatic heterocycles. The number of carbonyl (C=O) groups is 1. The Labute approximate surface area is 85.7 Å². The molecule has 0 aromatic carbocycles. The summed E-state index contributed by atoms with van der Waals surface area (Å²) >= 11 is 0. The molecule has 1 rings (SSSR count). The Morgan fingerprint density at radius 3 is 2.64 bits per heavy atom. The van der Waals surface area contributed by atoms with E-state index in [1.54, 1.807) is 0 Å². The summed E-state index contributed by atoms with van der Waals surface area (Å²) in [5, 5.41) is 8.52. The molecule has 78 valence electrons. The zero-order valence-electron chi connectivity index (χ0n) is 8.83. The molecule has 14 heavy (non-hydrogen) atoms. The molecule has 3 heteroatoms. The van der Waals surface area contributed by atoms with E-state index in [4.69, 9.17) is 5.26 Å². The van der Waals surface area contributed by atoms with Crippen molar-refractivity contribution in [2.45, 2.75) is 51.5 Å². The number of rotatable bonds is 4. The molecule has 1 aliphatic carbocycles. The Kier molecular flexibility index (Phi) is 4.45. The molecule has 1 amide bonds. The SMILES string of the molecule is CCC(=O)N(CCC#N)C1CCCC1. The molecule has 0 aromatic rings. The van der Waals surface area contributed by atoms with Crippen LogP contribution in [-0.2, 0) is 4.79 Å². The quantitative estimate of drug-likeness (QED) is 0.687. The van der Waals surface area contributed by atoms with Gasteiger partial charge in [0.05, 0.1) is 12.5 Å². The van der Waals surface area contributed by atoms with Gasteiger partial charge in [-0.1, -0.05) is 19.8 Å². The van der Waals surface area contributed by atoms with Crippen molar-refractivity contribution >= 4 is 5.91 Å². The van der Waals surface area contributed by atoms with Crippen LogP contribution in [0.25, 0.3) is 0 Å². The molecular formula is C11H18N2O. The van der Waals surface area contributed by atoms with Gasteiger partial charge in [0.25, 0.3) is 0 Å². The van der Waals surface area contributed by atoms with Gasteiger partial charge in [0.2, 0.25) is 5.91 Å². The van der Waals surface area contributed by atoms with Gasteiger partial charge in [0.1, 0.15) is 0 Å². The maximum absolute atomic E-state index is 11.6. The summed E-state index contributed by atoms with van der Waals surface area (Å²) in [5.41, 5.74) is 0. The molecule has 0 bridgehead atoms. The first kappa shape index (κ1) is 11.0. The standard InChI is InChI=1S/C11H18N2O/c1-2-11(14)13(9-5-8-12)10-6-3-4-7-10/h10H,2-7,9H2,1H3. The fourth-order valence-electron chi connectivity index (χ4n) is 2.10. The van der Waals surface area contributed by atoms with Gasteiger partial charge in [0.15, 0.2) is 0 Å². The molecular weight excluding hydrogens is 176 g/mol. The lowest BCUT2D eigenvalue weighted by atomic mass is 10.2. The van der Waals surface area contributed by atoms with E-state index in [1.165, 1.54) is 12.8 Å². The van der Waals surface area contributed by atoms with E-state index in [0.717, 1.165) is 12.8 Å². The minimum absolute atomic E-state index is 0.201. The minimum atomic E-state index is 0.201. The van der Waals surface area contributed by atoms with Crippen molar-refractivity contribution in [3.05, 3.63) is 0 Å². The Bertz CT molecular complexity index is 226. The van der Waals surface area contributed by atoms with Crippen LogP contribution in [0.2, 0.25) is 0 Å². The molecule has 0 unspecified atom stereocenters. The first-order chi connectivity index (χ1) is 6.79. The predicted molar refractivity (Wildman–Crippen MR) is 54.5 cm³/mol. The van der Waals surface area contributed by atoms with Gasteiger partial charge in [0, 0.05) is 19.0 Å². The van der Waals surface area contributed by atoms with Crippen LogP contribution in [0.15, 0.2) is 0 Å². The molecule has 1 saturated carbocycles. The second-order valence-corrected chi connectivity index (χ2v) is 3.79. The fraction of sp³-hybridized carbons (Fsp3) is 0.818. The van der Waals surface area contributed by atoms with E-state index < -0.39 is 0 Å². The van der Waals surface area contributed by atoms with Crippen molar-refractivity contribution in [2.24, 2.45) is 0 Å². The Morgan fingerprint density at radius 2 is 2.14 bits per heavy atom. The Balaban J connectivity index is 2.51. The van der Waals surface area contributed by atoms with E-state index >= 15 is 0 Å². The lowest BCUT2D eigenvalue weighted by Gasteiger charge is -2.27. The van der Waals surface area contributed by atoms with Gasteiger partial charge in [-0.05, 0) is 12.8 Å². The first-order valence-corrected chi connectivity index (χ1v) is 5.46. The average Bonchev–Trinajstić information content (AvgIpc) is 2.71.